The lowest BCUT2D eigenvalue weighted by atomic mass is 9.93. The van der Waals surface area contributed by atoms with Gasteiger partial charge in [-0.1, -0.05) is 0 Å². The zero-order chi connectivity index (χ0) is 18.6. The Hall–Kier alpha value is -3.09. The molecule has 0 radical (unpaired) electrons. The van der Waals surface area contributed by atoms with Crippen molar-refractivity contribution in [1.29, 1.82) is 0 Å². The minimum Gasteiger partial charge on any atom is -0.482 e. The van der Waals surface area contributed by atoms with Gasteiger partial charge in [-0.05, 0) is 38.1 Å². The van der Waals surface area contributed by atoms with Crippen molar-refractivity contribution in [1.82, 2.24) is 4.98 Å². The maximum absolute atomic E-state index is 13.7. The lowest BCUT2D eigenvalue weighted by molar-refractivity contribution is -0.111. The molecule has 0 saturated carbocycles. The van der Waals surface area contributed by atoms with Crippen molar-refractivity contribution in [3.05, 3.63) is 71.0 Å². The summed E-state index contributed by atoms with van der Waals surface area (Å²) in [7, 11) is 0. The van der Waals surface area contributed by atoms with Crippen molar-refractivity contribution in [2.75, 3.05) is 5.32 Å². The lowest BCUT2D eigenvalue weighted by Crippen LogP contribution is -2.21. The number of aromatic nitrogens is 1. The molecule has 0 spiro atoms. The van der Waals surface area contributed by atoms with Crippen molar-refractivity contribution >= 4 is 22.7 Å². The summed E-state index contributed by atoms with van der Waals surface area (Å²) in [6.07, 6.45) is 3.01. The lowest BCUT2D eigenvalue weighted by Gasteiger charge is -2.23. The third-order valence-corrected chi connectivity index (χ3v) is 4.38. The van der Waals surface area contributed by atoms with E-state index in [-0.39, 0.29) is 22.6 Å². The highest BCUT2D eigenvalue weighted by molar-refractivity contribution is 6.32. The molecular weight excluding hydrogens is 345 g/mol. The molecule has 132 valence electrons. The van der Waals surface area contributed by atoms with Crippen molar-refractivity contribution in [3.8, 4) is 0 Å². The molecular formula is C19H13F3N2O2. The minimum atomic E-state index is -1.05. The molecule has 4 rings (SSSR count). The summed E-state index contributed by atoms with van der Waals surface area (Å²) in [6.45, 7) is 3.57. The van der Waals surface area contributed by atoms with Crippen LogP contribution < -0.4 is 5.32 Å². The zero-order valence-corrected chi connectivity index (χ0v) is 13.9. The normalized spacial score (nSPS) is 20.5. The first-order valence-corrected chi connectivity index (χ1v) is 7.84. The van der Waals surface area contributed by atoms with E-state index < -0.39 is 29.1 Å². The number of hydrogen-bond donors (Lipinski definition) is 1. The summed E-state index contributed by atoms with van der Waals surface area (Å²) < 4.78 is 46.1. The van der Waals surface area contributed by atoms with Gasteiger partial charge in [0.25, 0.3) is 5.91 Å². The summed E-state index contributed by atoms with van der Waals surface area (Å²) in [5.41, 5.74) is 1.05. The number of rotatable bonds is 1. The average molecular weight is 358 g/mol. The van der Waals surface area contributed by atoms with E-state index in [1.54, 1.807) is 26.0 Å². The molecule has 3 heterocycles. The number of benzene rings is 1. The highest BCUT2D eigenvalue weighted by atomic mass is 19.2. The number of hydrogen-bond acceptors (Lipinski definition) is 3. The van der Waals surface area contributed by atoms with Gasteiger partial charge in [0.1, 0.15) is 11.4 Å². The van der Waals surface area contributed by atoms with Gasteiger partial charge in [-0.2, -0.15) is 4.39 Å². The standard InChI is InChI=1S/C19H13F3N2O2/c1-19(2)11(9-3-4-16(22)23-8-9)6-15(26-19)17-10-5-12(20)13(21)7-14(10)24-18(17)25/h3-8H,1-2H3,(H,24,25). The first-order valence-electron chi connectivity index (χ1n) is 7.84. The molecule has 26 heavy (non-hydrogen) atoms. The average Bonchev–Trinajstić information content (AvgIpc) is 3.04. The van der Waals surface area contributed by atoms with Crippen molar-refractivity contribution < 1.29 is 22.7 Å². The summed E-state index contributed by atoms with van der Waals surface area (Å²) in [5, 5.41) is 2.51. The Morgan fingerprint density at radius 1 is 1.12 bits per heavy atom. The van der Waals surface area contributed by atoms with E-state index >= 15 is 0 Å². The van der Waals surface area contributed by atoms with Crippen LogP contribution in [0.25, 0.3) is 11.1 Å². The SMILES string of the molecule is CC1(C)OC(=C2C(=O)Nc3cc(F)c(F)cc32)C=C1c1ccc(F)nc1. The largest absolute Gasteiger partial charge is 0.482 e. The Morgan fingerprint density at radius 3 is 2.54 bits per heavy atom. The second-order valence-corrected chi connectivity index (χ2v) is 6.55. The molecule has 0 atom stereocenters. The number of nitrogens with zero attached hydrogens (tertiary/aromatic N) is 1. The Balaban J connectivity index is 1.88. The summed E-state index contributed by atoms with van der Waals surface area (Å²) in [4.78, 5) is 16.0. The second-order valence-electron chi connectivity index (χ2n) is 6.55. The third-order valence-electron chi connectivity index (χ3n) is 4.38. The smallest absolute Gasteiger partial charge is 0.260 e. The number of carbonyl (C=O) groups is 1. The topological polar surface area (TPSA) is 51.2 Å². The summed E-state index contributed by atoms with van der Waals surface area (Å²) in [5.74, 6) is -2.98. The molecule has 7 heteroatoms. The molecule has 2 aromatic rings. The number of allylic oxidation sites excluding steroid dienone is 1. The van der Waals surface area contributed by atoms with Crippen LogP contribution in [-0.2, 0) is 9.53 Å². The van der Waals surface area contributed by atoms with E-state index in [1.807, 2.05) is 0 Å². The minimum absolute atomic E-state index is 0.122. The molecule has 2 aliphatic rings. The summed E-state index contributed by atoms with van der Waals surface area (Å²) >= 11 is 0. The molecule has 0 fully saturated rings. The molecule has 1 aromatic heterocycles. The van der Waals surface area contributed by atoms with Gasteiger partial charge in [0.2, 0.25) is 5.95 Å². The number of pyridine rings is 1. The van der Waals surface area contributed by atoms with Gasteiger partial charge in [-0.15, -0.1) is 0 Å². The molecule has 2 aliphatic heterocycles. The molecule has 0 bridgehead atoms. The fourth-order valence-electron chi connectivity index (χ4n) is 3.16. The second kappa shape index (κ2) is 5.45. The van der Waals surface area contributed by atoms with Gasteiger partial charge < -0.3 is 10.1 Å². The molecule has 1 amide bonds. The molecule has 0 saturated heterocycles. The fraction of sp³-hybridized carbons (Fsp3) is 0.158. The van der Waals surface area contributed by atoms with Crippen LogP contribution in [0.15, 0.2) is 42.3 Å². The Morgan fingerprint density at radius 2 is 1.85 bits per heavy atom. The van der Waals surface area contributed by atoms with Crippen molar-refractivity contribution in [2.45, 2.75) is 19.4 Å². The number of carbonyl (C=O) groups excluding carboxylic acids is 1. The predicted octanol–water partition coefficient (Wildman–Crippen LogP) is 4.05. The predicted molar refractivity (Wildman–Crippen MR) is 89.2 cm³/mol. The Bertz CT molecular complexity index is 1010. The van der Waals surface area contributed by atoms with Crippen molar-refractivity contribution in [3.63, 3.8) is 0 Å². The van der Waals surface area contributed by atoms with Crippen LogP contribution in [0.1, 0.15) is 25.0 Å². The van der Waals surface area contributed by atoms with Crippen LogP contribution in [-0.4, -0.2) is 16.5 Å². The van der Waals surface area contributed by atoms with E-state index in [4.69, 9.17) is 4.74 Å². The molecule has 1 N–H and O–H groups in total. The van der Waals surface area contributed by atoms with Gasteiger partial charge in [0.15, 0.2) is 11.6 Å². The van der Waals surface area contributed by atoms with Crippen molar-refractivity contribution in [2.24, 2.45) is 0 Å². The quantitative estimate of drug-likeness (QED) is 0.618. The van der Waals surface area contributed by atoms with E-state index in [1.165, 1.54) is 12.3 Å². The molecule has 4 nitrogen and oxygen atoms in total. The van der Waals surface area contributed by atoms with Gasteiger partial charge in [0, 0.05) is 29.0 Å². The van der Waals surface area contributed by atoms with Crippen LogP contribution in [0, 0.1) is 17.6 Å². The molecule has 1 aromatic carbocycles. The van der Waals surface area contributed by atoms with Crippen LogP contribution >= 0.6 is 0 Å². The number of ether oxygens (including phenoxy) is 1. The molecule has 0 unspecified atom stereocenters. The van der Waals surface area contributed by atoms with Gasteiger partial charge >= 0.3 is 0 Å². The zero-order valence-electron chi connectivity index (χ0n) is 13.9. The third kappa shape index (κ3) is 2.47. The first kappa shape index (κ1) is 16.4. The molecule has 0 aliphatic carbocycles. The highest BCUT2D eigenvalue weighted by Crippen LogP contribution is 2.44. The number of nitrogens with one attached hydrogen (secondary N) is 1. The Kier molecular flexibility index (Phi) is 3.44. The van der Waals surface area contributed by atoms with E-state index in [2.05, 4.69) is 10.3 Å². The monoisotopic (exact) mass is 358 g/mol. The Labute approximate surface area is 147 Å². The van der Waals surface area contributed by atoms with Crippen LogP contribution in [0.3, 0.4) is 0 Å². The summed E-state index contributed by atoms with van der Waals surface area (Å²) in [6, 6.07) is 4.69. The number of fused-ring (bicyclic) bond motifs is 1. The van der Waals surface area contributed by atoms with Gasteiger partial charge in [-0.25, -0.2) is 13.8 Å². The maximum atomic E-state index is 13.7. The van der Waals surface area contributed by atoms with Crippen LogP contribution in [0.4, 0.5) is 18.9 Å². The van der Waals surface area contributed by atoms with E-state index in [0.717, 1.165) is 12.1 Å². The number of halogens is 3. The van der Waals surface area contributed by atoms with Crippen LogP contribution in [0.5, 0.6) is 0 Å². The van der Waals surface area contributed by atoms with Crippen LogP contribution in [0.2, 0.25) is 0 Å². The van der Waals surface area contributed by atoms with Gasteiger partial charge in [-0.3, -0.25) is 4.79 Å². The number of anilines is 1. The highest BCUT2D eigenvalue weighted by Gasteiger charge is 2.38. The fourth-order valence-corrected chi connectivity index (χ4v) is 3.16. The van der Waals surface area contributed by atoms with E-state index in [9.17, 15) is 18.0 Å². The maximum Gasteiger partial charge on any atom is 0.260 e. The van der Waals surface area contributed by atoms with E-state index in [0.29, 0.717) is 11.1 Å². The number of amides is 1. The van der Waals surface area contributed by atoms with Gasteiger partial charge in [0.05, 0.1) is 11.3 Å². The first-order chi connectivity index (χ1) is 12.3.